The third-order valence-electron chi connectivity index (χ3n) is 3.88. The van der Waals surface area contributed by atoms with Gasteiger partial charge in [0, 0.05) is 6.04 Å². The van der Waals surface area contributed by atoms with Crippen LogP contribution in [0.5, 0.6) is 0 Å². The number of rotatable bonds is 5. The van der Waals surface area contributed by atoms with Crippen LogP contribution in [-0.2, 0) is 0 Å². The lowest BCUT2D eigenvalue weighted by Gasteiger charge is -2.29. The fourth-order valence-corrected chi connectivity index (χ4v) is 2.47. The van der Waals surface area contributed by atoms with Gasteiger partial charge < -0.3 is 5.32 Å². The minimum atomic E-state index is -0.181. The Balaban J connectivity index is 2.19. The Labute approximate surface area is 100 Å². The summed E-state index contributed by atoms with van der Waals surface area (Å²) in [6, 6.07) is 2.97. The maximum absolute atomic E-state index is 8.93. The molecule has 0 aromatic rings. The summed E-state index contributed by atoms with van der Waals surface area (Å²) in [6.07, 6.45) is 7.94. The molecule has 0 aromatic carbocycles. The lowest BCUT2D eigenvalue weighted by atomic mass is 9.84. The zero-order chi connectivity index (χ0) is 12.0. The Bertz CT molecular complexity index is 234. The first-order valence-electron chi connectivity index (χ1n) is 6.70. The van der Waals surface area contributed by atoms with Gasteiger partial charge in [0.05, 0.1) is 11.5 Å². The second-order valence-electron chi connectivity index (χ2n) is 5.89. The molecule has 1 N–H and O–H groups in total. The van der Waals surface area contributed by atoms with Gasteiger partial charge in [-0.2, -0.15) is 5.26 Å². The second-order valence-corrected chi connectivity index (χ2v) is 5.89. The van der Waals surface area contributed by atoms with E-state index in [-0.39, 0.29) is 5.41 Å². The van der Waals surface area contributed by atoms with Gasteiger partial charge in [-0.3, -0.25) is 0 Å². The first kappa shape index (κ1) is 13.5. The molecule has 92 valence electrons. The number of hydrogen-bond acceptors (Lipinski definition) is 2. The monoisotopic (exact) mass is 222 g/mol. The van der Waals surface area contributed by atoms with Crippen LogP contribution in [0, 0.1) is 22.7 Å². The molecule has 0 heterocycles. The van der Waals surface area contributed by atoms with Crippen LogP contribution in [0.3, 0.4) is 0 Å². The van der Waals surface area contributed by atoms with Crippen molar-refractivity contribution in [3.05, 3.63) is 0 Å². The van der Waals surface area contributed by atoms with Crippen LogP contribution in [0.15, 0.2) is 0 Å². The summed E-state index contributed by atoms with van der Waals surface area (Å²) in [5, 5.41) is 12.5. The predicted molar refractivity (Wildman–Crippen MR) is 68.1 cm³/mol. The fourth-order valence-electron chi connectivity index (χ4n) is 2.47. The van der Waals surface area contributed by atoms with Gasteiger partial charge in [0.2, 0.25) is 0 Å². The normalized spacial score (nSPS) is 20.4. The zero-order valence-electron chi connectivity index (χ0n) is 11.1. The molecule has 2 heteroatoms. The summed E-state index contributed by atoms with van der Waals surface area (Å²) in [5.41, 5.74) is -0.181. The molecule has 2 nitrogen and oxygen atoms in total. The van der Waals surface area contributed by atoms with Crippen molar-refractivity contribution in [2.75, 3.05) is 6.54 Å². The molecule has 0 bridgehead atoms. The molecule has 16 heavy (non-hydrogen) atoms. The van der Waals surface area contributed by atoms with E-state index in [1.165, 1.54) is 32.1 Å². The highest BCUT2D eigenvalue weighted by Gasteiger charge is 2.21. The maximum atomic E-state index is 8.93. The molecular weight excluding hydrogens is 196 g/mol. The molecular formula is C14H26N2. The average molecular weight is 222 g/mol. The van der Waals surface area contributed by atoms with E-state index in [9.17, 15) is 0 Å². The third-order valence-corrected chi connectivity index (χ3v) is 3.88. The highest BCUT2D eigenvalue weighted by Crippen LogP contribution is 2.26. The molecule has 1 fully saturated rings. The molecule has 0 aromatic heterocycles. The first-order chi connectivity index (χ1) is 7.55. The number of nitrogens with one attached hydrogen (secondary N) is 1. The topological polar surface area (TPSA) is 35.8 Å². The van der Waals surface area contributed by atoms with E-state index in [2.05, 4.69) is 18.3 Å². The molecule has 0 unspecified atom stereocenters. The van der Waals surface area contributed by atoms with E-state index in [0.29, 0.717) is 6.04 Å². The van der Waals surface area contributed by atoms with Crippen molar-refractivity contribution in [2.45, 2.75) is 65.3 Å². The van der Waals surface area contributed by atoms with E-state index >= 15 is 0 Å². The van der Waals surface area contributed by atoms with Crippen molar-refractivity contribution < 1.29 is 0 Å². The van der Waals surface area contributed by atoms with Crippen molar-refractivity contribution in [1.29, 1.82) is 5.26 Å². The summed E-state index contributed by atoms with van der Waals surface area (Å²) in [6.45, 7) is 7.30. The van der Waals surface area contributed by atoms with Crippen LogP contribution >= 0.6 is 0 Å². The van der Waals surface area contributed by atoms with Gasteiger partial charge in [0.25, 0.3) is 0 Å². The molecule has 0 amide bonds. The Hall–Kier alpha value is -0.550. The summed E-state index contributed by atoms with van der Waals surface area (Å²) < 4.78 is 0. The smallest absolute Gasteiger partial charge is 0.0684 e. The third kappa shape index (κ3) is 4.53. The van der Waals surface area contributed by atoms with Gasteiger partial charge in [-0.05, 0) is 52.5 Å². The maximum Gasteiger partial charge on any atom is 0.0684 e. The van der Waals surface area contributed by atoms with Gasteiger partial charge in [-0.15, -0.1) is 0 Å². The summed E-state index contributed by atoms with van der Waals surface area (Å²) in [7, 11) is 0. The zero-order valence-corrected chi connectivity index (χ0v) is 11.1. The minimum Gasteiger partial charge on any atom is -0.314 e. The highest BCUT2D eigenvalue weighted by atomic mass is 14.9. The lowest BCUT2D eigenvalue weighted by molar-refractivity contribution is 0.274. The minimum absolute atomic E-state index is 0.181. The van der Waals surface area contributed by atoms with E-state index in [1.54, 1.807) is 0 Å². The molecule has 1 rings (SSSR count). The van der Waals surface area contributed by atoms with E-state index in [1.807, 2.05) is 13.8 Å². The quantitative estimate of drug-likeness (QED) is 0.773. The summed E-state index contributed by atoms with van der Waals surface area (Å²) in [4.78, 5) is 0. The highest BCUT2D eigenvalue weighted by molar-refractivity contribution is 4.92. The van der Waals surface area contributed by atoms with Crippen molar-refractivity contribution in [1.82, 2.24) is 5.32 Å². The van der Waals surface area contributed by atoms with Crippen LogP contribution in [0.25, 0.3) is 0 Å². The molecule has 0 spiro atoms. The second kappa shape index (κ2) is 6.25. The van der Waals surface area contributed by atoms with Crippen molar-refractivity contribution in [2.24, 2.45) is 11.3 Å². The molecule has 0 saturated heterocycles. The fraction of sp³-hybridized carbons (Fsp3) is 0.929. The van der Waals surface area contributed by atoms with Crippen molar-refractivity contribution in [3.63, 3.8) is 0 Å². The van der Waals surface area contributed by atoms with E-state index in [0.717, 1.165) is 18.9 Å². The van der Waals surface area contributed by atoms with Gasteiger partial charge in [0.15, 0.2) is 0 Å². The molecule has 0 radical (unpaired) electrons. The Morgan fingerprint density at radius 3 is 2.50 bits per heavy atom. The van der Waals surface area contributed by atoms with Gasteiger partial charge in [-0.25, -0.2) is 0 Å². The van der Waals surface area contributed by atoms with Crippen LogP contribution in [0.1, 0.15) is 59.3 Å². The molecule has 0 aliphatic heterocycles. The summed E-state index contributed by atoms with van der Waals surface area (Å²) >= 11 is 0. The van der Waals surface area contributed by atoms with Crippen molar-refractivity contribution in [3.8, 4) is 6.07 Å². The molecule has 1 aliphatic rings. The molecule has 1 aliphatic carbocycles. The first-order valence-corrected chi connectivity index (χ1v) is 6.70. The van der Waals surface area contributed by atoms with E-state index < -0.39 is 0 Å². The van der Waals surface area contributed by atoms with Gasteiger partial charge >= 0.3 is 0 Å². The predicted octanol–water partition coefficient (Wildman–Crippen LogP) is 3.48. The number of nitrogens with zero attached hydrogens (tertiary/aromatic N) is 1. The largest absolute Gasteiger partial charge is 0.314 e. The standard InChI is InChI=1S/C14H26N2/c1-12(13-7-5-4-6-8-13)16-10-9-14(2,3)11-15/h12-13,16H,4-10H2,1-3H3/t12-/m1/s1. The molecule has 1 saturated carbocycles. The Morgan fingerprint density at radius 2 is 1.94 bits per heavy atom. The average Bonchev–Trinajstić information content (AvgIpc) is 2.30. The Morgan fingerprint density at radius 1 is 1.31 bits per heavy atom. The van der Waals surface area contributed by atoms with Crippen molar-refractivity contribution >= 4 is 0 Å². The van der Waals surface area contributed by atoms with Crippen LogP contribution in [0.4, 0.5) is 0 Å². The molecule has 1 atom stereocenters. The van der Waals surface area contributed by atoms with Crippen LogP contribution in [-0.4, -0.2) is 12.6 Å². The lowest BCUT2D eigenvalue weighted by Crippen LogP contribution is -2.36. The van der Waals surface area contributed by atoms with Gasteiger partial charge in [-0.1, -0.05) is 19.3 Å². The summed E-state index contributed by atoms with van der Waals surface area (Å²) in [5.74, 6) is 0.860. The van der Waals surface area contributed by atoms with Crippen LogP contribution < -0.4 is 5.32 Å². The Kier molecular flexibility index (Phi) is 5.28. The van der Waals surface area contributed by atoms with Crippen LogP contribution in [0.2, 0.25) is 0 Å². The SMILES string of the molecule is C[C@@H](NCCC(C)(C)C#N)C1CCCCC1. The number of hydrogen-bond donors (Lipinski definition) is 1. The van der Waals surface area contributed by atoms with E-state index in [4.69, 9.17) is 5.26 Å². The van der Waals surface area contributed by atoms with Gasteiger partial charge in [0.1, 0.15) is 0 Å². The number of nitriles is 1.